The first-order chi connectivity index (χ1) is 8.88. The number of allylic oxidation sites excluding steroid dienone is 2. The van der Waals surface area contributed by atoms with Gasteiger partial charge in [0.2, 0.25) is 0 Å². The third-order valence-electron chi connectivity index (χ3n) is 2.54. The van der Waals surface area contributed by atoms with E-state index in [-0.39, 0.29) is 0 Å². The Morgan fingerprint density at radius 2 is 1.33 bits per heavy atom. The Kier molecular flexibility index (Phi) is 4.26. The van der Waals surface area contributed by atoms with E-state index in [0.29, 0.717) is 5.57 Å². The van der Waals surface area contributed by atoms with E-state index in [9.17, 15) is 4.79 Å². The van der Waals surface area contributed by atoms with Crippen molar-refractivity contribution in [3.05, 3.63) is 83.4 Å². The molecule has 0 aromatic heterocycles. The van der Waals surface area contributed by atoms with Crippen molar-refractivity contribution in [1.29, 1.82) is 0 Å². The average Bonchev–Trinajstić information content (AvgIpc) is 2.45. The zero-order chi connectivity index (χ0) is 12.6. The highest BCUT2D eigenvalue weighted by Gasteiger charge is 1.91. The topological polar surface area (TPSA) is 17.1 Å². The van der Waals surface area contributed by atoms with Crippen molar-refractivity contribution in [2.24, 2.45) is 0 Å². The van der Waals surface area contributed by atoms with Crippen LogP contribution in [0.1, 0.15) is 11.1 Å². The normalized spacial score (nSPS) is 11.7. The molecule has 1 heteroatoms. The SMILES string of the molecule is O=CC(=C\c1ccccc1)/C=C/c1ccccc1. The molecule has 18 heavy (non-hydrogen) atoms. The maximum Gasteiger partial charge on any atom is 0.150 e. The quantitative estimate of drug-likeness (QED) is 0.444. The number of hydrogen-bond donors (Lipinski definition) is 0. The molecule has 0 aliphatic carbocycles. The van der Waals surface area contributed by atoms with Crippen molar-refractivity contribution in [3.8, 4) is 0 Å². The lowest BCUT2D eigenvalue weighted by Crippen LogP contribution is -1.80. The Balaban J connectivity index is 2.18. The fraction of sp³-hybridized carbons (Fsp3) is 0. The zero-order valence-corrected chi connectivity index (χ0v) is 9.99. The maximum absolute atomic E-state index is 11.0. The van der Waals surface area contributed by atoms with Gasteiger partial charge in [-0.15, -0.1) is 0 Å². The number of rotatable bonds is 4. The number of hydrogen-bond acceptors (Lipinski definition) is 1. The molecule has 0 bridgehead atoms. The summed E-state index contributed by atoms with van der Waals surface area (Å²) >= 11 is 0. The van der Waals surface area contributed by atoms with Crippen LogP contribution in [-0.2, 0) is 4.79 Å². The monoisotopic (exact) mass is 234 g/mol. The van der Waals surface area contributed by atoms with Crippen molar-refractivity contribution in [3.63, 3.8) is 0 Å². The van der Waals surface area contributed by atoms with Crippen molar-refractivity contribution >= 4 is 18.4 Å². The van der Waals surface area contributed by atoms with Crippen LogP contribution in [0.5, 0.6) is 0 Å². The van der Waals surface area contributed by atoms with Gasteiger partial charge in [-0.05, 0) is 17.2 Å². The van der Waals surface area contributed by atoms with E-state index in [2.05, 4.69) is 0 Å². The van der Waals surface area contributed by atoms with Gasteiger partial charge in [-0.1, -0.05) is 72.8 Å². The molecule has 0 saturated heterocycles. The van der Waals surface area contributed by atoms with Crippen molar-refractivity contribution in [2.45, 2.75) is 0 Å². The van der Waals surface area contributed by atoms with E-state index >= 15 is 0 Å². The van der Waals surface area contributed by atoms with E-state index in [1.807, 2.05) is 78.9 Å². The second-order valence-corrected chi connectivity index (χ2v) is 3.92. The van der Waals surface area contributed by atoms with Crippen LogP contribution in [0.3, 0.4) is 0 Å². The molecule has 0 aliphatic rings. The smallest absolute Gasteiger partial charge is 0.150 e. The first-order valence-electron chi connectivity index (χ1n) is 5.83. The molecular weight excluding hydrogens is 220 g/mol. The fourth-order valence-corrected chi connectivity index (χ4v) is 1.62. The molecule has 0 radical (unpaired) electrons. The first kappa shape index (κ1) is 12.1. The summed E-state index contributed by atoms with van der Waals surface area (Å²) in [6, 6.07) is 19.7. The van der Waals surface area contributed by atoms with Gasteiger partial charge >= 0.3 is 0 Å². The molecule has 0 atom stereocenters. The molecule has 0 amide bonds. The van der Waals surface area contributed by atoms with Gasteiger partial charge in [0.15, 0.2) is 0 Å². The fourth-order valence-electron chi connectivity index (χ4n) is 1.62. The van der Waals surface area contributed by atoms with Crippen molar-refractivity contribution in [2.75, 3.05) is 0 Å². The second-order valence-electron chi connectivity index (χ2n) is 3.92. The van der Waals surface area contributed by atoms with E-state index in [1.165, 1.54) is 0 Å². The summed E-state index contributed by atoms with van der Waals surface area (Å²) in [7, 11) is 0. The Bertz CT molecular complexity index is 551. The second kappa shape index (κ2) is 6.36. The lowest BCUT2D eigenvalue weighted by atomic mass is 10.1. The summed E-state index contributed by atoms with van der Waals surface area (Å²) in [5.74, 6) is 0. The summed E-state index contributed by atoms with van der Waals surface area (Å²) < 4.78 is 0. The molecule has 0 unspecified atom stereocenters. The van der Waals surface area contributed by atoms with E-state index in [4.69, 9.17) is 0 Å². The predicted molar refractivity (Wildman–Crippen MR) is 76.0 cm³/mol. The lowest BCUT2D eigenvalue weighted by Gasteiger charge is -1.95. The van der Waals surface area contributed by atoms with Gasteiger partial charge in [0.05, 0.1) is 0 Å². The highest BCUT2D eigenvalue weighted by atomic mass is 16.1. The highest BCUT2D eigenvalue weighted by Crippen LogP contribution is 2.08. The van der Waals surface area contributed by atoms with Gasteiger partial charge in [-0.25, -0.2) is 0 Å². The molecule has 2 aromatic rings. The van der Waals surface area contributed by atoms with Crippen LogP contribution in [0.25, 0.3) is 12.2 Å². The van der Waals surface area contributed by atoms with Crippen LogP contribution in [0.4, 0.5) is 0 Å². The van der Waals surface area contributed by atoms with E-state index in [0.717, 1.165) is 17.4 Å². The van der Waals surface area contributed by atoms with Gasteiger partial charge < -0.3 is 0 Å². The Hall–Kier alpha value is -2.41. The van der Waals surface area contributed by atoms with Crippen LogP contribution in [-0.4, -0.2) is 6.29 Å². The van der Waals surface area contributed by atoms with Gasteiger partial charge in [-0.2, -0.15) is 0 Å². The standard InChI is InChI=1S/C17H14O/c18-14-17(13-16-9-5-2-6-10-16)12-11-15-7-3-1-4-8-15/h1-14H/b12-11+,17-13-. The Morgan fingerprint density at radius 3 is 1.89 bits per heavy atom. The third-order valence-corrected chi connectivity index (χ3v) is 2.54. The van der Waals surface area contributed by atoms with E-state index < -0.39 is 0 Å². The summed E-state index contributed by atoms with van der Waals surface area (Å²) in [4.78, 5) is 11.0. The van der Waals surface area contributed by atoms with Crippen LogP contribution in [0.15, 0.2) is 72.3 Å². The Morgan fingerprint density at radius 1 is 0.778 bits per heavy atom. The zero-order valence-electron chi connectivity index (χ0n) is 9.99. The average molecular weight is 234 g/mol. The summed E-state index contributed by atoms with van der Waals surface area (Å²) in [6.07, 6.45) is 6.50. The largest absolute Gasteiger partial charge is 0.298 e. The Labute approximate surface area is 107 Å². The van der Waals surface area contributed by atoms with Gasteiger partial charge in [0, 0.05) is 5.57 Å². The third kappa shape index (κ3) is 3.56. The predicted octanol–water partition coefficient (Wildman–Crippen LogP) is 3.98. The molecule has 0 aliphatic heterocycles. The molecule has 0 heterocycles. The number of benzene rings is 2. The molecule has 0 fully saturated rings. The minimum atomic E-state index is 0.657. The minimum Gasteiger partial charge on any atom is -0.298 e. The molecule has 2 aromatic carbocycles. The van der Waals surface area contributed by atoms with Crippen LogP contribution < -0.4 is 0 Å². The number of aldehydes is 1. The molecular formula is C17H14O. The summed E-state index contributed by atoms with van der Waals surface area (Å²) in [6.45, 7) is 0. The van der Waals surface area contributed by atoms with Gasteiger partial charge in [0.1, 0.15) is 6.29 Å². The lowest BCUT2D eigenvalue weighted by molar-refractivity contribution is -0.104. The molecule has 1 nitrogen and oxygen atoms in total. The van der Waals surface area contributed by atoms with Gasteiger partial charge in [-0.3, -0.25) is 4.79 Å². The molecule has 2 rings (SSSR count). The number of carbonyl (C=O) groups excluding carboxylic acids is 1. The van der Waals surface area contributed by atoms with Crippen molar-refractivity contribution in [1.82, 2.24) is 0 Å². The number of carbonyl (C=O) groups is 1. The molecule has 0 N–H and O–H groups in total. The first-order valence-corrected chi connectivity index (χ1v) is 5.83. The highest BCUT2D eigenvalue weighted by molar-refractivity contribution is 5.87. The van der Waals surface area contributed by atoms with Crippen LogP contribution in [0, 0.1) is 0 Å². The van der Waals surface area contributed by atoms with E-state index in [1.54, 1.807) is 0 Å². The van der Waals surface area contributed by atoms with Gasteiger partial charge in [0.25, 0.3) is 0 Å². The summed E-state index contributed by atoms with van der Waals surface area (Å²) in [5, 5.41) is 0. The summed E-state index contributed by atoms with van der Waals surface area (Å²) in [5.41, 5.74) is 2.76. The maximum atomic E-state index is 11.0. The van der Waals surface area contributed by atoms with Crippen LogP contribution >= 0.6 is 0 Å². The molecule has 88 valence electrons. The van der Waals surface area contributed by atoms with Crippen molar-refractivity contribution < 1.29 is 4.79 Å². The molecule has 0 saturated carbocycles. The minimum absolute atomic E-state index is 0.657. The van der Waals surface area contributed by atoms with Crippen LogP contribution in [0.2, 0.25) is 0 Å². The molecule has 0 spiro atoms.